The highest BCUT2D eigenvalue weighted by Gasteiger charge is 2.24. The first-order chi connectivity index (χ1) is 6.20. The van der Waals surface area contributed by atoms with Crippen molar-refractivity contribution in [1.29, 1.82) is 0 Å². The van der Waals surface area contributed by atoms with E-state index in [9.17, 15) is 4.39 Å². The summed E-state index contributed by atoms with van der Waals surface area (Å²) in [6.07, 6.45) is 2.10. The van der Waals surface area contributed by atoms with Crippen molar-refractivity contribution in [2.24, 2.45) is 7.05 Å². The monoisotopic (exact) mass is 183 g/mol. The van der Waals surface area contributed by atoms with E-state index < -0.39 is 0 Å². The van der Waals surface area contributed by atoms with E-state index in [1.165, 1.54) is 0 Å². The highest BCUT2D eigenvalue weighted by Crippen LogP contribution is 2.25. The fourth-order valence-corrected chi connectivity index (χ4v) is 1.75. The minimum absolute atomic E-state index is 0.125. The lowest BCUT2D eigenvalue weighted by atomic mass is 10.1. The highest BCUT2D eigenvalue weighted by atomic mass is 19.1. The predicted molar refractivity (Wildman–Crippen MR) is 47.9 cm³/mol. The summed E-state index contributed by atoms with van der Waals surface area (Å²) in [4.78, 5) is 0. The molecule has 0 aliphatic carbocycles. The van der Waals surface area contributed by atoms with E-state index >= 15 is 0 Å². The van der Waals surface area contributed by atoms with Gasteiger partial charge in [0.05, 0.1) is 11.7 Å². The second-order valence-electron chi connectivity index (χ2n) is 3.56. The van der Waals surface area contributed by atoms with E-state index in [0.29, 0.717) is 11.4 Å². The Kier molecular flexibility index (Phi) is 2.07. The summed E-state index contributed by atoms with van der Waals surface area (Å²) >= 11 is 0. The number of hydrogen-bond donors (Lipinski definition) is 1. The fourth-order valence-electron chi connectivity index (χ4n) is 1.75. The molecule has 0 radical (unpaired) electrons. The first-order valence-electron chi connectivity index (χ1n) is 4.62. The van der Waals surface area contributed by atoms with Crippen LogP contribution >= 0.6 is 0 Å². The standard InChI is InChI=1S/C9H14FN3/c1-6-8(10)9(12-13(6)2)7-4-3-5-11-7/h7,11H,3-5H2,1-2H3. The summed E-state index contributed by atoms with van der Waals surface area (Å²) in [6, 6.07) is 0.125. The molecule has 1 aliphatic rings. The van der Waals surface area contributed by atoms with Gasteiger partial charge in [0.1, 0.15) is 5.69 Å². The molecule has 0 aromatic carbocycles. The van der Waals surface area contributed by atoms with Crippen LogP contribution in [0.4, 0.5) is 4.39 Å². The van der Waals surface area contributed by atoms with Gasteiger partial charge in [-0.25, -0.2) is 4.39 Å². The summed E-state index contributed by atoms with van der Waals surface area (Å²) in [6.45, 7) is 2.72. The average molecular weight is 183 g/mol. The molecule has 1 aliphatic heterocycles. The Hall–Kier alpha value is -0.900. The first-order valence-corrected chi connectivity index (χ1v) is 4.62. The minimum atomic E-state index is -0.151. The molecule has 0 bridgehead atoms. The van der Waals surface area contributed by atoms with E-state index in [1.54, 1.807) is 18.7 Å². The maximum atomic E-state index is 13.6. The number of rotatable bonds is 1. The molecule has 1 aromatic heterocycles. The van der Waals surface area contributed by atoms with Crippen LogP contribution in [0.15, 0.2) is 0 Å². The molecule has 0 amide bonds. The Balaban J connectivity index is 2.34. The van der Waals surface area contributed by atoms with Crippen LogP contribution < -0.4 is 5.32 Å². The summed E-state index contributed by atoms with van der Waals surface area (Å²) in [7, 11) is 1.77. The quantitative estimate of drug-likeness (QED) is 0.711. The van der Waals surface area contributed by atoms with Crippen molar-refractivity contribution in [2.45, 2.75) is 25.8 Å². The smallest absolute Gasteiger partial charge is 0.168 e. The zero-order valence-corrected chi connectivity index (χ0v) is 7.97. The molecule has 1 fully saturated rings. The second kappa shape index (κ2) is 3.10. The zero-order valence-electron chi connectivity index (χ0n) is 7.97. The normalized spacial score (nSPS) is 22.5. The molecule has 0 saturated carbocycles. The summed E-state index contributed by atoms with van der Waals surface area (Å²) < 4.78 is 15.2. The largest absolute Gasteiger partial charge is 0.308 e. The molecule has 1 unspecified atom stereocenters. The van der Waals surface area contributed by atoms with Gasteiger partial charge in [0.25, 0.3) is 0 Å². The molecule has 3 nitrogen and oxygen atoms in total. The van der Waals surface area contributed by atoms with Crippen LogP contribution in [-0.2, 0) is 7.05 Å². The molecule has 1 saturated heterocycles. The molecule has 1 N–H and O–H groups in total. The van der Waals surface area contributed by atoms with Crippen molar-refractivity contribution in [3.63, 3.8) is 0 Å². The first kappa shape index (κ1) is 8.69. The molecule has 13 heavy (non-hydrogen) atoms. The third-order valence-electron chi connectivity index (χ3n) is 2.68. The summed E-state index contributed by atoms with van der Waals surface area (Å²) in [5, 5.41) is 7.41. The lowest BCUT2D eigenvalue weighted by molar-refractivity contribution is 0.547. The number of aromatic nitrogens is 2. The molecular weight excluding hydrogens is 169 g/mol. The number of nitrogens with zero attached hydrogens (tertiary/aromatic N) is 2. The van der Waals surface area contributed by atoms with E-state index in [2.05, 4.69) is 10.4 Å². The van der Waals surface area contributed by atoms with Crippen LogP contribution in [0.2, 0.25) is 0 Å². The SMILES string of the molecule is Cc1c(F)c(C2CCCN2)nn1C. The van der Waals surface area contributed by atoms with Crippen LogP contribution in [0.25, 0.3) is 0 Å². The summed E-state index contributed by atoms with van der Waals surface area (Å²) in [5.74, 6) is -0.151. The topological polar surface area (TPSA) is 29.9 Å². The van der Waals surface area contributed by atoms with E-state index in [4.69, 9.17) is 0 Å². The number of aryl methyl sites for hydroxylation is 1. The number of nitrogens with one attached hydrogen (secondary N) is 1. The van der Waals surface area contributed by atoms with Crippen molar-refractivity contribution in [1.82, 2.24) is 15.1 Å². The van der Waals surface area contributed by atoms with Gasteiger partial charge in [0, 0.05) is 7.05 Å². The lowest BCUT2D eigenvalue weighted by Crippen LogP contribution is -2.14. The van der Waals surface area contributed by atoms with Gasteiger partial charge in [-0.1, -0.05) is 0 Å². The number of hydrogen-bond acceptors (Lipinski definition) is 2. The van der Waals surface area contributed by atoms with Gasteiger partial charge in [-0.2, -0.15) is 5.10 Å². The molecule has 1 atom stereocenters. The van der Waals surface area contributed by atoms with E-state index in [1.807, 2.05) is 0 Å². The average Bonchev–Trinajstić information content (AvgIpc) is 2.70. The van der Waals surface area contributed by atoms with E-state index in [-0.39, 0.29) is 11.9 Å². The van der Waals surface area contributed by atoms with Gasteiger partial charge >= 0.3 is 0 Å². The van der Waals surface area contributed by atoms with Gasteiger partial charge in [-0.3, -0.25) is 4.68 Å². The maximum absolute atomic E-state index is 13.6. The van der Waals surface area contributed by atoms with Gasteiger partial charge in [-0.05, 0) is 26.3 Å². The molecule has 72 valence electrons. The second-order valence-corrected chi connectivity index (χ2v) is 3.56. The van der Waals surface area contributed by atoms with E-state index in [0.717, 1.165) is 19.4 Å². The maximum Gasteiger partial charge on any atom is 0.168 e. The fraction of sp³-hybridized carbons (Fsp3) is 0.667. The van der Waals surface area contributed by atoms with Crippen LogP contribution in [0.5, 0.6) is 0 Å². The predicted octanol–water partition coefficient (Wildman–Crippen LogP) is 1.29. The van der Waals surface area contributed by atoms with Gasteiger partial charge in [0.2, 0.25) is 0 Å². The third-order valence-corrected chi connectivity index (χ3v) is 2.68. The van der Waals surface area contributed by atoms with Crippen molar-refractivity contribution in [2.75, 3.05) is 6.54 Å². The zero-order chi connectivity index (χ0) is 9.42. The van der Waals surface area contributed by atoms with Crippen LogP contribution in [0.1, 0.15) is 30.3 Å². The molecule has 1 aromatic rings. The van der Waals surface area contributed by atoms with Crippen molar-refractivity contribution in [3.8, 4) is 0 Å². The minimum Gasteiger partial charge on any atom is -0.308 e. The Morgan fingerprint density at radius 2 is 2.38 bits per heavy atom. The number of halogens is 1. The lowest BCUT2D eigenvalue weighted by Gasteiger charge is -2.05. The van der Waals surface area contributed by atoms with Crippen LogP contribution in [0, 0.1) is 12.7 Å². The highest BCUT2D eigenvalue weighted by molar-refractivity contribution is 5.16. The van der Waals surface area contributed by atoms with Crippen molar-refractivity contribution >= 4 is 0 Å². The van der Waals surface area contributed by atoms with Crippen LogP contribution in [-0.4, -0.2) is 16.3 Å². The Labute approximate surface area is 76.9 Å². The third kappa shape index (κ3) is 1.35. The molecular formula is C9H14FN3. The molecule has 2 heterocycles. The molecule has 4 heteroatoms. The molecule has 2 rings (SSSR count). The van der Waals surface area contributed by atoms with Crippen molar-refractivity contribution in [3.05, 3.63) is 17.2 Å². The Bertz CT molecular complexity index is 313. The Morgan fingerprint density at radius 1 is 1.62 bits per heavy atom. The van der Waals surface area contributed by atoms with Gasteiger partial charge < -0.3 is 5.32 Å². The van der Waals surface area contributed by atoms with Crippen molar-refractivity contribution < 1.29 is 4.39 Å². The van der Waals surface area contributed by atoms with Gasteiger partial charge in [-0.15, -0.1) is 0 Å². The van der Waals surface area contributed by atoms with Gasteiger partial charge in [0.15, 0.2) is 5.82 Å². The summed E-state index contributed by atoms with van der Waals surface area (Å²) in [5.41, 5.74) is 1.20. The Morgan fingerprint density at radius 3 is 2.85 bits per heavy atom. The molecule has 0 spiro atoms. The van der Waals surface area contributed by atoms with Crippen LogP contribution in [0.3, 0.4) is 0 Å².